The molecule has 6 rings (SSSR count). The Balaban J connectivity index is 1.14. The minimum atomic E-state index is -0.137. The Kier molecular flexibility index (Phi) is 5.80. The molecule has 3 N–H and O–H groups in total. The second-order valence-electron chi connectivity index (χ2n) is 8.40. The Morgan fingerprint density at radius 1 is 1.03 bits per heavy atom. The first-order chi connectivity index (χ1) is 17.7. The number of benzene rings is 1. The van der Waals surface area contributed by atoms with Gasteiger partial charge in [-0.25, -0.2) is 15.0 Å². The van der Waals surface area contributed by atoms with E-state index in [4.69, 9.17) is 9.72 Å². The lowest BCUT2D eigenvalue weighted by Crippen LogP contribution is -2.36. The van der Waals surface area contributed by atoms with Crippen LogP contribution in [0.2, 0.25) is 0 Å². The van der Waals surface area contributed by atoms with Gasteiger partial charge in [-0.05, 0) is 42.5 Å². The van der Waals surface area contributed by atoms with Crippen molar-refractivity contribution in [2.45, 2.75) is 6.42 Å². The van der Waals surface area contributed by atoms with Crippen LogP contribution in [0.5, 0.6) is 0 Å². The van der Waals surface area contributed by atoms with Gasteiger partial charge in [-0.2, -0.15) is 5.10 Å². The third-order valence-corrected chi connectivity index (χ3v) is 5.97. The highest BCUT2D eigenvalue weighted by Crippen LogP contribution is 2.26. The van der Waals surface area contributed by atoms with Gasteiger partial charge in [0.25, 0.3) is 0 Å². The standard InChI is InChI=1S/C25H23N9O2/c35-21(14-19-13-20(33-32-19)16-5-7-26-8-6-16)29-18-3-1-17(2-4-18)23-30-22-24(31-23)27-15-28-25(22)34-9-11-36-12-10-34/h1-8,13,15H,9-12,14H2,(H,29,35)(H,32,33)(H,27,28,30,31). The predicted molar refractivity (Wildman–Crippen MR) is 134 cm³/mol. The molecule has 5 aromatic rings. The number of anilines is 2. The van der Waals surface area contributed by atoms with Crippen molar-refractivity contribution in [3.05, 3.63) is 66.9 Å². The number of pyridine rings is 1. The third kappa shape index (κ3) is 4.51. The summed E-state index contributed by atoms with van der Waals surface area (Å²) in [6.07, 6.45) is 5.16. The minimum Gasteiger partial charge on any atom is -0.378 e. The van der Waals surface area contributed by atoms with Gasteiger partial charge in [0.2, 0.25) is 5.91 Å². The molecule has 11 nitrogen and oxygen atoms in total. The monoisotopic (exact) mass is 481 g/mol. The van der Waals surface area contributed by atoms with Crippen LogP contribution >= 0.6 is 0 Å². The number of nitrogens with zero attached hydrogens (tertiary/aromatic N) is 6. The van der Waals surface area contributed by atoms with Gasteiger partial charge >= 0.3 is 0 Å². The molecule has 5 heterocycles. The SMILES string of the molecule is O=C(Cc1cc(-c2ccncc2)n[nH]1)Nc1ccc(-c2nc3c(N4CCOCC4)ncnc3[nH]2)cc1. The zero-order valence-corrected chi connectivity index (χ0v) is 19.3. The number of carbonyl (C=O) groups is 1. The molecular weight excluding hydrogens is 458 g/mol. The fourth-order valence-corrected chi connectivity index (χ4v) is 4.17. The van der Waals surface area contributed by atoms with E-state index in [9.17, 15) is 4.79 Å². The van der Waals surface area contributed by atoms with Crippen LogP contribution in [0.15, 0.2) is 61.2 Å². The highest BCUT2D eigenvalue weighted by molar-refractivity contribution is 5.92. The fourth-order valence-electron chi connectivity index (χ4n) is 4.17. The number of morpholine rings is 1. The number of hydrogen-bond donors (Lipinski definition) is 3. The number of hydrogen-bond acceptors (Lipinski definition) is 8. The third-order valence-electron chi connectivity index (χ3n) is 5.97. The summed E-state index contributed by atoms with van der Waals surface area (Å²) in [5.41, 5.74) is 5.45. The number of H-pyrrole nitrogens is 2. The van der Waals surface area contributed by atoms with Crippen molar-refractivity contribution in [3.8, 4) is 22.6 Å². The molecule has 0 bridgehead atoms. The molecule has 36 heavy (non-hydrogen) atoms. The smallest absolute Gasteiger partial charge is 0.230 e. The van der Waals surface area contributed by atoms with E-state index in [1.54, 1.807) is 18.7 Å². The number of nitrogens with one attached hydrogen (secondary N) is 3. The summed E-state index contributed by atoms with van der Waals surface area (Å²) < 4.78 is 5.45. The molecule has 4 aromatic heterocycles. The van der Waals surface area contributed by atoms with Crippen molar-refractivity contribution in [2.24, 2.45) is 0 Å². The molecule has 1 saturated heterocycles. The van der Waals surface area contributed by atoms with Gasteiger partial charge in [-0.3, -0.25) is 14.9 Å². The summed E-state index contributed by atoms with van der Waals surface area (Å²) >= 11 is 0. The molecule has 0 unspecified atom stereocenters. The van der Waals surface area contributed by atoms with Gasteiger partial charge in [0.1, 0.15) is 12.2 Å². The number of aromatic nitrogens is 7. The summed E-state index contributed by atoms with van der Waals surface area (Å²) in [6.45, 7) is 2.88. The van der Waals surface area contributed by atoms with E-state index in [2.05, 4.69) is 40.3 Å². The van der Waals surface area contributed by atoms with Gasteiger partial charge in [-0.1, -0.05) is 0 Å². The van der Waals surface area contributed by atoms with Crippen molar-refractivity contribution in [2.75, 3.05) is 36.5 Å². The summed E-state index contributed by atoms with van der Waals surface area (Å²) in [6, 6.07) is 13.1. The first-order valence-electron chi connectivity index (χ1n) is 11.6. The quantitative estimate of drug-likeness (QED) is 0.337. The fraction of sp³-hybridized carbons (Fsp3) is 0.200. The van der Waals surface area contributed by atoms with Crippen LogP contribution in [0.4, 0.5) is 11.5 Å². The number of ether oxygens (including phenoxy) is 1. The van der Waals surface area contributed by atoms with E-state index in [-0.39, 0.29) is 12.3 Å². The number of carbonyl (C=O) groups excluding carboxylic acids is 1. The number of imidazole rings is 1. The maximum atomic E-state index is 12.6. The van der Waals surface area contributed by atoms with E-state index in [0.29, 0.717) is 30.4 Å². The highest BCUT2D eigenvalue weighted by Gasteiger charge is 2.19. The number of rotatable bonds is 6. The van der Waals surface area contributed by atoms with Crippen LogP contribution in [0.1, 0.15) is 5.69 Å². The van der Waals surface area contributed by atoms with Crippen molar-refractivity contribution in [1.82, 2.24) is 35.1 Å². The van der Waals surface area contributed by atoms with Crippen LogP contribution in [-0.2, 0) is 16.0 Å². The Morgan fingerprint density at radius 2 is 1.83 bits per heavy atom. The number of amides is 1. The van der Waals surface area contributed by atoms with E-state index < -0.39 is 0 Å². The van der Waals surface area contributed by atoms with Crippen molar-refractivity contribution >= 4 is 28.6 Å². The van der Waals surface area contributed by atoms with Crippen LogP contribution in [0.25, 0.3) is 33.8 Å². The Morgan fingerprint density at radius 3 is 2.64 bits per heavy atom. The van der Waals surface area contributed by atoms with E-state index >= 15 is 0 Å². The molecular formula is C25H23N9O2. The van der Waals surface area contributed by atoms with Crippen molar-refractivity contribution < 1.29 is 9.53 Å². The normalized spacial score (nSPS) is 13.7. The molecule has 1 aliphatic rings. The maximum absolute atomic E-state index is 12.6. The molecule has 0 aliphatic carbocycles. The summed E-state index contributed by atoms with van der Waals surface area (Å²) in [7, 11) is 0. The van der Waals surface area contributed by atoms with E-state index in [1.165, 1.54) is 0 Å². The lowest BCUT2D eigenvalue weighted by Gasteiger charge is -2.27. The Labute approximate surface area is 206 Å². The summed E-state index contributed by atoms with van der Waals surface area (Å²) in [5.74, 6) is 1.36. The molecule has 0 spiro atoms. The number of fused-ring (bicyclic) bond motifs is 1. The maximum Gasteiger partial charge on any atom is 0.230 e. The second-order valence-corrected chi connectivity index (χ2v) is 8.40. The number of aromatic amines is 2. The van der Waals surface area contributed by atoms with Crippen LogP contribution in [0.3, 0.4) is 0 Å². The molecule has 0 radical (unpaired) electrons. The second kappa shape index (κ2) is 9.55. The van der Waals surface area contributed by atoms with Gasteiger partial charge in [0.15, 0.2) is 17.0 Å². The molecule has 1 amide bonds. The van der Waals surface area contributed by atoms with E-state index in [1.807, 2.05) is 42.5 Å². The lowest BCUT2D eigenvalue weighted by atomic mass is 10.1. The Bertz CT molecular complexity index is 1490. The van der Waals surface area contributed by atoms with E-state index in [0.717, 1.165) is 46.9 Å². The molecule has 0 saturated carbocycles. The first kappa shape index (κ1) is 21.9. The highest BCUT2D eigenvalue weighted by atomic mass is 16.5. The van der Waals surface area contributed by atoms with Crippen LogP contribution < -0.4 is 10.2 Å². The van der Waals surface area contributed by atoms with Gasteiger partial charge < -0.3 is 19.9 Å². The Hall–Kier alpha value is -4.64. The average molecular weight is 482 g/mol. The van der Waals surface area contributed by atoms with Crippen molar-refractivity contribution in [3.63, 3.8) is 0 Å². The molecule has 1 aliphatic heterocycles. The van der Waals surface area contributed by atoms with Gasteiger partial charge in [-0.15, -0.1) is 0 Å². The molecule has 0 atom stereocenters. The van der Waals surface area contributed by atoms with Gasteiger partial charge in [0.05, 0.1) is 25.3 Å². The molecule has 11 heteroatoms. The average Bonchev–Trinajstić information content (AvgIpc) is 3.57. The lowest BCUT2D eigenvalue weighted by molar-refractivity contribution is -0.115. The zero-order chi connectivity index (χ0) is 24.3. The summed E-state index contributed by atoms with van der Waals surface area (Å²) in [5, 5.41) is 10.1. The molecule has 180 valence electrons. The predicted octanol–water partition coefficient (Wildman–Crippen LogP) is 2.82. The summed E-state index contributed by atoms with van der Waals surface area (Å²) in [4.78, 5) is 35.6. The van der Waals surface area contributed by atoms with Crippen LogP contribution in [0, 0.1) is 0 Å². The first-order valence-corrected chi connectivity index (χ1v) is 11.6. The molecule has 1 aromatic carbocycles. The molecule has 1 fully saturated rings. The topological polar surface area (TPSA) is 138 Å². The van der Waals surface area contributed by atoms with Crippen molar-refractivity contribution in [1.29, 1.82) is 0 Å². The zero-order valence-electron chi connectivity index (χ0n) is 19.3. The van der Waals surface area contributed by atoms with Gasteiger partial charge in [0, 0.05) is 48.0 Å². The minimum absolute atomic E-state index is 0.137. The largest absolute Gasteiger partial charge is 0.378 e. The van der Waals surface area contributed by atoms with Crippen LogP contribution in [-0.4, -0.2) is 67.3 Å².